The molecule has 0 saturated carbocycles. The molecule has 2 heterocycles. The normalized spacial score (nSPS) is 11.1. The highest BCUT2D eigenvalue weighted by Crippen LogP contribution is 2.28. The molecule has 3 rings (SSSR count). The lowest BCUT2D eigenvalue weighted by atomic mass is 10.3. The summed E-state index contributed by atoms with van der Waals surface area (Å²) in [6.45, 7) is 0.438. The minimum absolute atomic E-state index is 0.106. The number of hydrogen-bond acceptors (Lipinski definition) is 8. The van der Waals surface area contributed by atoms with Crippen LogP contribution in [0.25, 0.3) is 17.2 Å². The van der Waals surface area contributed by atoms with Crippen molar-refractivity contribution in [3.63, 3.8) is 0 Å². The van der Waals surface area contributed by atoms with Gasteiger partial charge in [-0.15, -0.1) is 0 Å². The van der Waals surface area contributed by atoms with Crippen molar-refractivity contribution in [1.82, 2.24) is 20.0 Å². The molecule has 0 bridgehead atoms. The minimum atomic E-state index is -0.740. The molecule has 23 heavy (non-hydrogen) atoms. The summed E-state index contributed by atoms with van der Waals surface area (Å²) in [7, 11) is 0. The van der Waals surface area contributed by atoms with Crippen LogP contribution in [0.3, 0.4) is 0 Å². The van der Waals surface area contributed by atoms with E-state index in [2.05, 4.69) is 31.4 Å². The van der Waals surface area contributed by atoms with E-state index in [0.717, 1.165) is 4.57 Å². The molecule has 0 amide bonds. The highest BCUT2D eigenvalue weighted by atomic mass is 79.9. The lowest BCUT2D eigenvalue weighted by Crippen LogP contribution is -2.13. The second kappa shape index (κ2) is 6.64. The Balaban J connectivity index is 2.11. The van der Waals surface area contributed by atoms with Crippen LogP contribution < -0.4 is 11.5 Å². The topological polar surface area (TPSA) is 113 Å². The highest BCUT2D eigenvalue weighted by Gasteiger charge is 2.23. The minimum Gasteiger partial charge on any atom is -0.330 e. The summed E-state index contributed by atoms with van der Waals surface area (Å²) < 4.78 is 24.2. The average Bonchev–Trinajstić information content (AvgIpc) is 3.14. The maximum atomic E-state index is 13.4. The largest absolute Gasteiger partial charge is 0.446 e. The zero-order valence-corrected chi connectivity index (χ0v) is 13.8. The van der Waals surface area contributed by atoms with E-state index in [1.165, 1.54) is 30.0 Å². The van der Waals surface area contributed by atoms with Crippen LogP contribution in [0.5, 0.6) is 0 Å². The Morgan fingerprint density at radius 1 is 1.35 bits per heavy atom. The number of thioether (sulfide) groups is 1. The second-order valence-corrected chi connectivity index (χ2v) is 6.20. The average molecular weight is 402 g/mol. The van der Waals surface area contributed by atoms with E-state index in [-0.39, 0.29) is 16.0 Å². The molecule has 2 N–H and O–H groups in total. The molecule has 0 aliphatic heterocycles. The van der Waals surface area contributed by atoms with Gasteiger partial charge in [0, 0.05) is 12.3 Å². The van der Waals surface area contributed by atoms with Gasteiger partial charge in [0.25, 0.3) is 0 Å². The maximum absolute atomic E-state index is 13.4. The summed E-state index contributed by atoms with van der Waals surface area (Å²) in [6.07, 6.45) is 0. The van der Waals surface area contributed by atoms with E-state index in [1.807, 2.05) is 0 Å². The van der Waals surface area contributed by atoms with Crippen molar-refractivity contribution >= 4 is 27.7 Å². The molecule has 0 fully saturated rings. The van der Waals surface area contributed by atoms with Crippen LogP contribution in [0.2, 0.25) is 0 Å². The van der Waals surface area contributed by atoms with Gasteiger partial charge in [-0.25, -0.2) is 18.4 Å². The summed E-state index contributed by atoms with van der Waals surface area (Å²) >= 11 is 4.38. The number of benzene rings is 1. The smallest absolute Gasteiger partial charge is 0.330 e. The van der Waals surface area contributed by atoms with E-state index in [0.29, 0.717) is 23.0 Å². The van der Waals surface area contributed by atoms with Gasteiger partial charge in [0.2, 0.25) is 5.82 Å². The first-order valence-electron chi connectivity index (χ1n) is 6.31. The number of rotatable bonds is 5. The van der Waals surface area contributed by atoms with Gasteiger partial charge in [0.1, 0.15) is 5.82 Å². The molecule has 0 aliphatic rings. The number of nitrogens with zero attached hydrogens (tertiary/aromatic N) is 4. The highest BCUT2D eigenvalue weighted by molar-refractivity contribution is 9.10. The Bertz CT molecular complexity index is 893. The van der Waals surface area contributed by atoms with Gasteiger partial charge in [-0.05, 0) is 44.4 Å². The van der Waals surface area contributed by atoms with Crippen molar-refractivity contribution in [2.75, 3.05) is 12.3 Å². The van der Waals surface area contributed by atoms with Crippen molar-refractivity contribution in [2.24, 2.45) is 5.73 Å². The van der Waals surface area contributed by atoms with E-state index in [4.69, 9.17) is 14.9 Å². The summed E-state index contributed by atoms with van der Waals surface area (Å²) in [4.78, 5) is 12.0. The Morgan fingerprint density at radius 2 is 2.17 bits per heavy atom. The van der Waals surface area contributed by atoms with Crippen LogP contribution in [0.1, 0.15) is 0 Å². The molecule has 0 unspecified atom stereocenters. The number of aromatic nitrogens is 4. The molecule has 0 aliphatic carbocycles. The summed E-state index contributed by atoms with van der Waals surface area (Å²) in [5, 5.41) is 11.7. The number of halogens is 2. The fourth-order valence-electron chi connectivity index (χ4n) is 1.82. The standard InChI is InChI=1S/C12H9BrFN5O3S/c13-7-5-6(1-2-8(7)14)19-10(17-21-12(19)20)9-11(18-22-16-9)23-4-3-15/h1-2,5H,3-4,15H2. The SMILES string of the molecule is NCCSc1nonc1-c1noc(=O)n1-c1ccc(F)c(Br)c1. The molecule has 11 heteroatoms. The Labute approximate surface area is 140 Å². The van der Waals surface area contributed by atoms with Crippen molar-refractivity contribution in [3.8, 4) is 17.2 Å². The van der Waals surface area contributed by atoms with Gasteiger partial charge < -0.3 is 5.73 Å². The lowest BCUT2D eigenvalue weighted by Gasteiger charge is -2.04. The van der Waals surface area contributed by atoms with Gasteiger partial charge >= 0.3 is 5.76 Å². The molecule has 120 valence electrons. The van der Waals surface area contributed by atoms with E-state index < -0.39 is 11.6 Å². The van der Waals surface area contributed by atoms with E-state index in [1.54, 1.807) is 0 Å². The molecule has 0 spiro atoms. The van der Waals surface area contributed by atoms with Crippen molar-refractivity contribution in [2.45, 2.75) is 5.03 Å². The number of nitrogens with two attached hydrogens (primary N) is 1. The lowest BCUT2D eigenvalue weighted by molar-refractivity contribution is 0.299. The molecule has 0 radical (unpaired) electrons. The molecular weight excluding hydrogens is 393 g/mol. The van der Waals surface area contributed by atoms with Crippen molar-refractivity contribution < 1.29 is 13.5 Å². The van der Waals surface area contributed by atoms with Crippen LogP contribution in [0.4, 0.5) is 4.39 Å². The van der Waals surface area contributed by atoms with Crippen molar-refractivity contribution in [1.29, 1.82) is 0 Å². The second-order valence-electron chi connectivity index (χ2n) is 4.26. The third-order valence-electron chi connectivity index (χ3n) is 2.79. The third kappa shape index (κ3) is 3.07. The molecular formula is C12H9BrFN5O3S. The summed E-state index contributed by atoms with van der Waals surface area (Å²) in [5.41, 5.74) is 6.06. The Morgan fingerprint density at radius 3 is 2.91 bits per heavy atom. The molecule has 1 aromatic carbocycles. The molecule has 2 aromatic heterocycles. The van der Waals surface area contributed by atoms with Crippen LogP contribution in [0.15, 0.2) is 41.6 Å². The van der Waals surface area contributed by atoms with Gasteiger partial charge in [-0.3, -0.25) is 4.52 Å². The first-order chi connectivity index (χ1) is 11.1. The Kier molecular flexibility index (Phi) is 4.59. The van der Waals surface area contributed by atoms with Gasteiger partial charge in [-0.2, -0.15) is 0 Å². The molecule has 0 atom stereocenters. The Hall–Kier alpha value is -1.98. The van der Waals surface area contributed by atoms with E-state index in [9.17, 15) is 9.18 Å². The quantitative estimate of drug-likeness (QED) is 0.644. The van der Waals surface area contributed by atoms with Gasteiger partial charge in [0.15, 0.2) is 10.7 Å². The third-order valence-corrected chi connectivity index (χ3v) is 4.38. The fraction of sp³-hybridized carbons (Fsp3) is 0.167. The predicted octanol–water partition coefficient (Wildman–Crippen LogP) is 1.83. The van der Waals surface area contributed by atoms with Crippen LogP contribution in [0, 0.1) is 5.82 Å². The summed E-state index contributed by atoms with van der Waals surface area (Å²) in [6, 6.07) is 4.06. The molecule has 0 saturated heterocycles. The van der Waals surface area contributed by atoms with E-state index >= 15 is 0 Å². The zero-order chi connectivity index (χ0) is 16.4. The predicted molar refractivity (Wildman–Crippen MR) is 82.8 cm³/mol. The summed E-state index contributed by atoms with van der Waals surface area (Å²) in [5.74, 6) is -0.501. The van der Waals surface area contributed by atoms with Crippen LogP contribution in [-0.2, 0) is 0 Å². The first-order valence-corrected chi connectivity index (χ1v) is 8.09. The first kappa shape index (κ1) is 15.9. The van der Waals surface area contributed by atoms with Crippen LogP contribution in [-0.4, -0.2) is 32.3 Å². The molecule has 8 nitrogen and oxygen atoms in total. The van der Waals surface area contributed by atoms with Gasteiger partial charge in [0.05, 0.1) is 10.2 Å². The van der Waals surface area contributed by atoms with Gasteiger partial charge in [-0.1, -0.05) is 16.9 Å². The molecule has 3 aromatic rings. The monoisotopic (exact) mass is 401 g/mol. The fourth-order valence-corrected chi connectivity index (χ4v) is 2.85. The van der Waals surface area contributed by atoms with Crippen molar-refractivity contribution in [3.05, 3.63) is 39.0 Å². The van der Waals surface area contributed by atoms with Crippen LogP contribution >= 0.6 is 27.7 Å². The number of hydrogen-bond donors (Lipinski definition) is 1. The zero-order valence-electron chi connectivity index (χ0n) is 11.4. The maximum Gasteiger partial charge on any atom is 0.446 e.